The minimum absolute atomic E-state index is 0.277. The van der Waals surface area contributed by atoms with Gasteiger partial charge in [-0.15, -0.1) is 0 Å². The predicted molar refractivity (Wildman–Crippen MR) is 42.6 cm³/mol. The first-order chi connectivity index (χ1) is 5.36. The van der Waals surface area contributed by atoms with Crippen LogP contribution in [0, 0.1) is 0 Å². The van der Waals surface area contributed by atoms with Crippen molar-refractivity contribution in [2.45, 2.75) is 0 Å². The molecule has 1 aliphatic rings. The summed E-state index contributed by atoms with van der Waals surface area (Å²) in [6, 6.07) is 5.08. The van der Waals surface area contributed by atoms with Gasteiger partial charge in [-0.05, 0) is 24.3 Å². The van der Waals surface area contributed by atoms with E-state index >= 15 is 0 Å². The summed E-state index contributed by atoms with van der Waals surface area (Å²) in [5.41, 5.74) is 0.941. The molecular formula is C9H8O2. The monoisotopic (exact) mass is 148 g/mol. The van der Waals surface area contributed by atoms with E-state index in [4.69, 9.17) is 9.84 Å². The van der Waals surface area contributed by atoms with Crippen molar-refractivity contribution in [3.05, 3.63) is 29.8 Å². The largest absolute Gasteiger partial charge is 0.508 e. The maximum atomic E-state index is 9.10. The van der Waals surface area contributed by atoms with Crippen LogP contribution in [0.15, 0.2) is 24.3 Å². The van der Waals surface area contributed by atoms with E-state index in [-0.39, 0.29) is 5.75 Å². The van der Waals surface area contributed by atoms with E-state index < -0.39 is 0 Å². The number of fused-ring (bicyclic) bond motifs is 1. The molecule has 1 N–H and O–H groups in total. The summed E-state index contributed by atoms with van der Waals surface area (Å²) < 4.78 is 5.28. The molecule has 1 heterocycles. The lowest BCUT2D eigenvalue weighted by Crippen LogP contribution is -1.99. The van der Waals surface area contributed by atoms with Crippen LogP contribution in [0.5, 0.6) is 11.5 Å². The molecule has 0 aliphatic carbocycles. The number of phenolic OH excluding ortho intramolecular Hbond substituents is 1. The Bertz CT molecular complexity index is 302. The molecule has 2 rings (SSSR count). The van der Waals surface area contributed by atoms with Crippen LogP contribution < -0.4 is 4.74 Å². The SMILES string of the molecule is Oc1ccc2c(c1)C=CCO2. The molecule has 0 unspecified atom stereocenters. The van der Waals surface area contributed by atoms with Gasteiger partial charge in [0.15, 0.2) is 0 Å². The van der Waals surface area contributed by atoms with Gasteiger partial charge in [0, 0.05) is 5.56 Å². The van der Waals surface area contributed by atoms with Crippen molar-refractivity contribution in [2.75, 3.05) is 6.61 Å². The highest BCUT2D eigenvalue weighted by Crippen LogP contribution is 2.26. The molecule has 1 aromatic carbocycles. The van der Waals surface area contributed by atoms with Crippen molar-refractivity contribution in [1.29, 1.82) is 0 Å². The van der Waals surface area contributed by atoms with E-state index in [1.54, 1.807) is 18.2 Å². The Hall–Kier alpha value is -1.44. The van der Waals surface area contributed by atoms with Gasteiger partial charge in [0.05, 0.1) is 0 Å². The molecule has 1 aromatic rings. The predicted octanol–water partition coefficient (Wildman–Crippen LogP) is 1.80. The Balaban J connectivity index is 2.54. The Morgan fingerprint density at radius 2 is 2.27 bits per heavy atom. The molecule has 1 aliphatic heterocycles. The fraction of sp³-hybridized carbons (Fsp3) is 0.111. The molecule has 56 valence electrons. The zero-order chi connectivity index (χ0) is 7.68. The van der Waals surface area contributed by atoms with Crippen molar-refractivity contribution < 1.29 is 9.84 Å². The van der Waals surface area contributed by atoms with Crippen LogP contribution >= 0.6 is 0 Å². The molecule has 2 nitrogen and oxygen atoms in total. The molecule has 0 atom stereocenters. The first kappa shape index (κ1) is 6.28. The van der Waals surface area contributed by atoms with Crippen molar-refractivity contribution in [1.82, 2.24) is 0 Å². The van der Waals surface area contributed by atoms with Crippen LogP contribution in [0.4, 0.5) is 0 Å². The van der Waals surface area contributed by atoms with E-state index in [2.05, 4.69) is 0 Å². The van der Waals surface area contributed by atoms with Gasteiger partial charge in [-0.1, -0.05) is 6.08 Å². The first-order valence-corrected chi connectivity index (χ1v) is 3.48. The summed E-state index contributed by atoms with van der Waals surface area (Å²) in [4.78, 5) is 0. The van der Waals surface area contributed by atoms with Crippen LogP contribution in [0.25, 0.3) is 6.08 Å². The summed E-state index contributed by atoms with van der Waals surface area (Å²) in [7, 11) is 0. The van der Waals surface area contributed by atoms with Gasteiger partial charge < -0.3 is 9.84 Å². The van der Waals surface area contributed by atoms with Crippen molar-refractivity contribution in [3.63, 3.8) is 0 Å². The standard InChI is InChI=1S/C9H8O2/c10-8-3-4-9-7(6-8)2-1-5-11-9/h1-4,6,10H,5H2. The van der Waals surface area contributed by atoms with Gasteiger partial charge in [0.25, 0.3) is 0 Å². The van der Waals surface area contributed by atoms with Gasteiger partial charge in [-0.2, -0.15) is 0 Å². The second-order valence-electron chi connectivity index (χ2n) is 2.44. The fourth-order valence-corrected chi connectivity index (χ4v) is 1.11. The summed E-state index contributed by atoms with van der Waals surface area (Å²) >= 11 is 0. The van der Waals surface area contributed by atoms with Crippen LogP contribution in [-0.2, 0) is 0 Å². The Labute approximate surface area is 64.7 Å². The maximum absolute atomic E-state index is 9.10. The highest BCUT2D eigenvalue weighted by molar-refractivity contribution is 5.61. The number of phenols is 1. The molecule has 0 saturated carbocycles. The molecule has 0 saturated heterocycles. The number of ether oxygens (including phenoxy) is 1. The van der Waals surface area contributed by atoms with Crippen molar-refractivity contribution >= 4 is 6.08 Å². The summed E-state index contributed by atoms with van der Waals surface area (Å²) in [6.45, 7) is 0.623. The molecule has 11 heavy (non-hydrogen) atoms. The van der Waals surface area contributed by atoms with Crippen LogP contribution in [-0.4, -0.2) is 11.7 Å². The molecule has 0 radical (unpaired) electrons. The van der Waals surface area contributed by atoms with Gasteiger partial charge in [-0.25, -0.2) is 0 Å². The molecule has 0 amide bonds. The molecule has 0 bridgehead atoms. The summed E-state index contributed by atoms with van der Waals surface area (Å²) in [5, 5.41) is 9.10. The highest BCUT2D eigenvalue weighted by atomic mass is 16.5. The fourth-order valence-electron chi connectivity index (χ4n) is 1.11. The third kappa shape index (κ3) is 1.07. The average molecular weight is 148 g/mol. The smallest absolute Gasteiger partial charge is 0.127 e. The summed E-state index contributed by atoms with van der Waals surface area (Å²) in [5.74, 6) is 1.12. The minimum atomic E-state index is 0.277. The number of hydrogen-bond donors (Lipinski definition) is 1. The first-order valence-electron chi connectivity index (χ1n) is 3.48. The summed E-state index contributed by atoms with van der Waals surface area (Å²) in [6.07, 6.45) is 3.86. The van der Waals surface area contributed by atoms with E-state index in [9.17, 15) is 0 Å². The molecule has 0 fully saturated rings. The molecule has 0 aromatic heterocycles. The van der Waals surface area contributed by atoms with Crippen LogP contribution in [0.3, 0.4) is 0 Å². The third-order valence-electron chi connectivity index (χ3n) is 1.63. The number of hydrogen-bond acceptors (Lipinski definition) is 2. The minimum Gasteiger partial charge on any atom is -0.508 e. The zero-order valence-electron chi connectivity index (χ0n) is 5.95. The number of benzene rings is 1. The van der Waals surface area contributed by atoms with E-state index in [0.29, 0.717) is 6.61 Å². The lowest BCUT2D eigenvalue weighted by atomic mass is 10.1. The van der Waals surface area contributed by atoms with Gasteiger partial charge in [0.1, 0.15) is 18.1 Å². The Morgan fingerprint density at radius 3 is 3.18 bits per heavy atom. The van der Waals surface area contributed by atoms with Gasteiger partial charge >= 0.3 is 0 Å². The lowest BCUT2D eigenvalue weighted by molar-refractivity contribution is 0.357. The number of aromatic hydroxyl groups is 1. The van der Waals surface area contributed by atoms with Crippen LogP contribution in [0.2, 0.25) is 0 Å². The maximum Gasteiger partial charge on any atom is 0.127 e. The van der Waals surface area contributed by atoms with E-state index in [1.165, 1.54) is 0 Å². The quantitative estimate of drug-likeness (QED) is 0.607. The van der Waals surface area contributed by atoms with Crippen molar-refractivity contribution in [2.24, 2.45) is 0 Å². The lowest BCUT2D eigenvalue weighted by Gasteiger charge is -2.11. The molecule has 0 spiro atoms. The topological polar surface area (TPSA) is 29.5 Å². The highest BCUT2D eigenvalue weighted by Gasteiger charge is 2.04. The Kier molecular flexibility index (Phi) is 1.32. The number of rotatable bonds is 0. The molecule has 2 heteroatoms. The molecular weight excluding hydrogens is 140 g/mol. The van der Waals surface area contributed by atoms with Gasteiger partial charge in [0.2, 0.25) is 0 Å². The average Bonchev–Trinajstić information content (AvgIpc) is 2.04. The van der Waals surface area contributed by atoms with Crippen LogP contribution in [0.1, 0.15) is 5.56 Å². The van der Waals surface area contributed by atoms with E-state index in [1.807, 2.05) is 12.2 Å². The third-order valence-corrected chi connectivity index (χ3v) is 1.63. The second kappa shape index (κ2) is 2.31. The van der Waals surface area contributed by atoms with E-state index in [0.717, 1.165) is 11.3 Å². The normalized spacial score (nSPS) is 13.8. The van der Waals surface area contributed by atoms with Crippen molar-refractivity contribution in [3.8, 4) is 11.5 Å². The zero-order valence-corrected chi connectivity index (χ0v) is 5.95. The van der Waals surface area contributed by atoms with Gasteiger partial charge in [-0.3, -0.25) is 0 Å². The second-order valence-corrected chi connectivity index (χ2v) is 2.44. The Morgan fingerprint density at radius 1 is 1.36 bits per heavy atom.